The lowest BCUT2D eigenvalue weighted by atomic mass is 10.1. The van der Waals surface area contributed by atoms with Gasteiger partial charge in [-0.15, -0.1) is 0 Å². The van der Waals surface area contributed by atoms with E-state index < -0.39 is 10.8 Å². The number of aldehydes is 1. The fraction of sp³-hybridized carbons (Fsp3) is 0.800. The monoisotopic (exact) mass is 131 g/mol. The van der Waals surface area contributed by atoms with Gasteiger partial charge in [0.15, 0.2) is 0 Å². The van der Waals surface area contributed by atoms with E-state index in [-0.39, 0.29) is 6.54 Å². The van der Waals surface area contributed by atoms with Crippen LogP contribution in [0.5, 0.6) is 0 Å². The minimum atomic E-state index is -0.470. The summed E-state index contributed by atoms with van der Waals surface area (Å²) in [6.07, 6.45) is 1.17. The summed E-state index contributed by atoms with van der Waals surface area (Å²) < 4.78 is 0. The summed E-state index contributed by atoms with van der Waals surface area (Å²) in [5, 5.41) is 9.77. The molecular weight excluding hydrogens is 122 g/mol. The molecule has 4 nitrogen and oxygen atoms in total. The van der Waals surface area contributed by atoms with Gasteiger partial charge in [-0.2, -0.15) is 0 Å². The van der Waals surface area contributed by atoms with Crippen LogP contribution in [0.4, 0.5) is 0 Å². The Balaban J connectivity index is 3.55. The highest BCUT2D eigenvalue weighted by atomic mass is 16.6. The van der Waals surface area contributed by atoms with Gasteiger partial charge in [0.1, 0.15) is 6.29 Å². The molecule has 0 fully saturated rings. The molecule has 0 aromatic heterocycles. The Morgan fingerprint density at radius 2 is 2.33 bits per heavy atom. The van der Waals surface area contributed by atoms with Crippen LogP contribution in [0.2, 0.25) is 0 Å². The van der Waals surface area contributed by atoms with Gasteiger partial charge in [-0.3, -0.25) is 10.1 Å². The van der Waals surface area contributed by atoms with Crippen molar-refractivity contribution in [3.63, 3.8) is 0 Å². The Morgan fingerprint density at radius 1 is 1.78 bits per heavy atom. The number of nitro groups is 1. The molecule has 0 saturated heterocycles. The van der Waals surface area contributed by atoms with E-state index in [1.807, 2.05) is 0 Å². The Kier molecular flexibility index (Phi) is 3.59. The minimum Gasteiger partial charge on any atom is -0.303 e. The third kappa shape index (κ3) is 3.64. The SMILES string of the molecule is CCC(C=O)C[N+](=O)[O-]. The summed E-state index contributed by atoms with van der Waals surface area (Å²) in [6, 6.07) is 0. The van der Waals surface area contributed by atoms with Gasteiger partial charge in [-0.25, -0.2) is 0 Å². The molecule has 9 heavy (non-hydrogen) atoms. The fourth-order valence-corrected chi connectivity index (χ4v) is 0.460. The van der Waals surface area contributed by atoms with Gasteiger partial charge in [-0.05, 0) is 6.42 Å². The van der Waals surface area contributed by atoms with Gasteiger partial charge >= 0.3 is 0 Å². The number of carbonyl (C=O) groups excluding carboxylic acids is 1. The Morgan fingerprint density at radius 3 is 2.44 bits per heavy atom. The first-order valence-electron chi connectivity index (χ1n) is 2.77. The molecule has 4 heteroatoms. The van der Waals surface area contributed by atoms with Crippen molar-refractivity contribution in [2.75, 3.05) is 6.54 Å². The van der Waals surface area contributed by atoms with E-state index in [4.69, 9.17) is 0 Å². The summed E-state index contributed by atoms with van der Waals surface area (Å²) in [5.74, 6) is -0.403. The summed E-state index contributed by atoms with van der Waals surface area (Å²) >= 11 is 0. The van der Waals surface area contributed by atoms with E-state index in [0.29, 0.717) is 12.7 Å². The second-order valence-corrected chi connectivity index (χ2v) is 1.82. The topological polar surface area (TPSA) is 60.2 Å². The molecule has 0 bridgehead atoms. The molecule has 0 aliphatic carbocycles. The largest absolute Gasteiger partial charge is 0.303 e. The maximum atomic E-state index is 9.97. The standard InChI is InChI=1S/C5H9NO3/c1-2-5(4-7)3-6(8)9/h4-5H,2-3H2,1H3. The number of rotatable bonds is 4. The third-order valence-electron chi connectivity index (χ3n) is 1.10. The summed E-state index contributed by atoms with van der Waals surface area (Å²) in [4.78, 5) is 19.3. The number of hydrogen-bond acceptors (Lipinski definition) is 3. The van der Waals surface area contributed by atoms with Crippen molar-refractivity contribution in [1.29, 1.82) is 0 Å². The Labute approximate surface area is 53.0 Å². The first-order valence-corrected chi connectivity index (χ1v) is 2.77. The predicted molar refractivity (Wildman–Crippen MR) is 31.7 cm³/mol. The van der Waals surface area contributed by atoms with Crippen LogP contribution in [0, 0.1) is 16.0 Å². The van der Waals surface area contributed by atoms with Crippen LogP contribution in [0.25, 0.3) is 0 Å². The van der Waals surface area contributed by atoms with E-state index in [2.05, 4.69) is 0 Å². The molecule has 52 valence electrons. The number of nitrogens with zero attached hydrogens (tertiary/aromatic N) is 1. The van der Waals surface area contributed by atoms with Gasteiger partial charge in [0.05, 0.1) is 5.92 Å². The average Bonchev–Trinajstić information content (AvgIpc) is 1.82. The smallest absolute Gasteiger partial charge is 0.213 e. The lowest BCUT2D eigenvalue weighted by Gasteiger charge is -1.97. The molecule has 0 amide bonds. The van der Waals surface area contributed by atoms with E-state index >= 15 is 0 Å². The first kappa shape index (κ1) is 8.07. The van der Waals surface area contributed by atoms with E-state index in [1.165, 1.54) is 0 Å². The minimum absolute atomic E-state index is 0.236. The zero-order valence-corrected chi connectivity index (χ0v) is 5.24. The van der Waals surface area contributed by atoms with Crippen molar-refractivity contribution in [2.24, 2.45) is 5.92 Å². The van der Waals surface area contributed by atoms with E-state index in [1.54, 1.807) is 6.92 Å². The molecule has 0 N–H and O–H groups in total. The van der Waals surface area contributed by atoms with Gasteiger partial charge in [-0.1, -0.05) is 6.92 Å². The first-order chi connectivity index (χ1) is 4.20. The summed E-state index contributed by atoms with van der Waals surface area (Å²) in [7, 11) is 0. The van der Waals surface area contributed by atoms with Crippen LogP contribution in [-0.2, 0) is 4.79 Å². The third-order valence-corrected chi connectivity index (χ3v) is 1.10. The summed E-state index contributed by atoms with van der Waals surface area (Å²) in [5.41, 5.74) is 0. The second kappa shape index (κ2) is 4.00. The fourth-order valence-electron chi connectivity index (χ4n) is 0.460. The Bertz CT molecular complexity index is 113. The number of carbonyl (C=O) groups is 1. The maximum absolute atomic E-state index is 9.97. The van der Waals surface area contributed by atoms with E-state index in [9.17, 15) is 14.9 Å². The van der Waals surface area contributed by atoms with Crippen molar-refractivity contribution in [3.05, 3.63) is 10.1 Å². The molecule has 0 spiro atoms. The van der Waals surface area contributed by atoms with Crippen molar-refractivity contribution in [1.82, 2.24) is 0 Å². The van der Waals surface area contributed by atoms with E-state index in [0.717, 1.165) is 0 Å². The normalized spacial score (nSPS) is 12.6. The molecule has 0 aromatic rings. The van der Waals surface area contributed by atoms with Crippen LogP contribution >= 0.6 is 0 Å². The highest BCUT2D eigenvalue weighted by molar-refractivity contribution is 5.53. The van der Waals surface area contributed by atoms with Crippen LogP contribution < -0.4 is 0 Å². The second-order valence-electron chi connectivity index (χ2n) is 1.82. The van der Waals surface area contributed by atoms with Crippen LogP contribution in [-0.4, -0.2) is 17.8 Å². The quantitative estimate of drug-likeness (QED) is 0.317. The molecule has 0 aromatic carbocycles. The van der Waals surface area contributed by atoms with Gasteiger partial charge in [0.2, 0.25) is 6.54 Å². The van der Waals surface area contributed by atoms with Crippen molar-refractivity contribution < 1.29 is 9.72 Å². The zero-order valence-electron chi connectivity index (χ0n) is 5.24. The average molecular weight is 131 g/mol. The van der Waals surface area contributed by atoms with Crippen molar-refractivity contribution >= 4 is 6.29 Å². The van der Waals surface area contributed by atoms with Crippen molar-refractivity contribution in [3.8, 4) is 0 Å². The molecule has 0 rings (SSSR count). The molecular formula is C5H9NO3. The van der Waals surface area contributed by atoms with Crippen LogP contribution in [0.1, 0.15) is 13.3 Å². The van der Waals surface area contributed by atoms with Crippen LogP contribution in [0.15, 0.2) is 0 Å². The Hall–Kier alpha value is -0.930. The highest BCUT2D eigenvalue weighted by Crippen LogP contribution is 1.96. The number of hydrogen-bond donors (Lipinski definition) is 0. The van der Waals surface area contributed by atoms with Gasteiger partial charge in [0.25, 0.3) is 0 Å². The lowest BCUT2D eigenvalue weighted by Crippen LogP contribution is -2.14. The van der Waals surface area contributed by atoms with Gasteiger partial charge in [0, 0.05) is 4.92 Å². The molecule has 1 atom stereocenters. The molecule has 0 heterocycles. The highest BCUT2D eigenvalue weighted by Gasteiger charge is 2.10. The van der Waals surface area contributed by atoms with Gasteiger partial charge < -0.3 is 4.79 Å². The van der Waals surface area contributed by atoms with Crippen molar-refractivity contribution in [2.45, 2.75) is 13.3 Å². The van der Waals surface area contributed by atoms with Crippen LogP contribution in [0.3, 0.4) is 0 Å². The molecule has 1 unspecified atom stereocenters. The zero-order chi connectivity index (χ0) is 7.28. The predicted octanol–water partition coefficient (Wildman–Crippen LogP) is 0.488. The molecule has 0 saturated carbocycles. The lowest BCUT2D eigenvalue weighted by molar-refractivity contribution is -0.485. The molecule has 0 aliphatic rings. The summed E-state index contributed by atoms with van der Waals surface area (Å²) in [6.45, 7) is 1.52. The molecule has 0 radical (unpaired) electrons. The molecule has 0 aliphatic heterocycles. The maximum Gasteiger partial charge on any atom is 0.213 e.